The topological polar surface area (TPSA) is 180 Å². The number of hydrazine groups is 1. The number of nitrogen functional groups attached to an aromatic ring is 1. The van der Waals surface area contributed by atoms with E-state index in [2.05, 4.69) is 216 Å². The number of fused-ring (bicyclic) bond motifs is 10. The average molecular weight is 1710 g/mol. The molecular formula is C90H103BBr3ClN10O6. The van der Waals surface area contributed by atoms with Gasteiger partial charge in [0.2, 0.25) is 0 Å². The van der Waals surface area contributed by atoms with Gasteiger partial charge in [0.1, 0.15) is 28.8 Å². The first kappa shape index (κ1) is 83.3. The number of phenolic OH excluding ortho intramolecular Hbond substituents is 1. The number of rotatable bonds is 15. The van der Waals surface area contributed by atoms with E-state index in [1.807, 2.05) is 77.5 Å². The molecule has 11 aromatic rings. The first-order valence-corrected chi connectivity index (χ1v) is 42.0. The lowest BCUT2D eigenvalue weighted by atomic mass is 9.81. The van der Waals surface area contributed by atoms with Gasteiger partial charge in [0.25, 0.3) is 0 Å². The number of nitrogens with one attached hydrogen (secondary N) is 1. The Morgan fingerprint density at radius 2 is 0.874 bits per heavy atom. The number of aromatic hydroxyl groups is 1. The zero-order valence-corrected chi connectivity index (χ0v) is 70.6. The second-order valence-corrected chi connectivity index (χ2v) is 35.6. The number of halogens is 4. The van der Waals surface area contributed by atoms with E-state index < -0.39 is 5.92 Å². The predicted molar refractivity (Wildman–Crippen MR) is 464 cm³/mol. The number of likely N-dealkylation sites (tertiary alicyclic amines) is 2. The van der Waals surface area contributed by atoms with Crippen LogP contribution in [0.25, 0.3) is 50.8 Å². The molecule has 0 radical (unpaired) electrons. The molecule has 4 aliphatic carbocycles. The van der Waals surface area contributed by atoms with Crippen LogP contribution in [0.15, 0.2) is 194 Å². The molecule has 0 spiro atoms. The summed E-state index contributed by atoms with van der Waals surface area (Å²) in [5.41, 5.74) is 27.6. The highest BCUT2D eigenvalue weighted by Gasteiger charge is 2.31. The summed E-state index contributed by atoms with van der Waals surface area (Å²) in [5, 5.41) is 23.9. The molecule has 6 aliphatic rings. The molecule has 3 atom stereocenters. The second-order valence-electron chi connectivity index (χ2n) is 28.8. The fourth-order valence-electron chi connectivity index (χ4n) is 15.7. The Balaban J connectivity index is 0.000000136. The van der Waals surface area contributed by atoms with Crippen molar-refractivity contribution in [3.05, 3.63) is 256 Å². The molecule has 5 heterocycles. The Morgan fingerprint density at radius 3 is 1.24 bits per heavy atom. The van der Waals surface area contributed by atoms with E-state index in [1.165, 1.54) is 119 Å². The first-order valence-electron chi connectivity index (χ1n) is 38.7. The van der Waals surface area contributed by atoms with Gasteiger partial charge in [0.15, 0.2) is 5.78 Å². The number of Topliss-reactive ketones (excluding diaryl/α,β-unsaturated/α-hetero) is 2. The van der Waals surface area contributed by atoms with Crippen LogP contribution in [0, 0.1) is 26.7 Å². The van der Waals surface area contributed by atoms with Crippen molar-refractivity contribution < 1.29 is 28.9 Å². The van der Waals surface area contributed by atoms with Crippen molar-refractivity contribution in [1.82, 2.24) is 39.1 Å². The maximum Gasteiger partial charge on any atom is 0.369 e. The summed E-state index contributed by atoms with van der Waals surface area (Å²) in [7, 11) is 3.32. The summed E-state index contributed by atoms with van der Waals surface area (Å²) in [4.78, 5) is 28.1. The second kappa shape index (κ2) is 40.7. The van der Waals surface area contributed by atoms with Crippen LogP contribution in [0.2, 0.25) is 0 Å². The van der Waals surface area contributed by atoms with E-state index in [-0.39, 0.29) is 20.5 Å². The lowest BCUT2D eigenvalue weighted by Gasteiger charge is -2.20. The first-order chi connectivity index (χ1) is 53.9. The highest BCUT2D eigenvalue weighted by atomic mass is 79.9. The quantitative estimate of drug-likeness (QED) is 0.0221. The smallest absolute Gasteiger partial charge is 0.369 e. The number of hydrogen-bond acceptors (Lipinski definition) is 13. The van der Waals surface area contributed by atoms with Crippen LogP contribution in [-0.2, 0) is 49.7 Å². The van der Waals surface area contributed by atoms with Gasteiger partial charge in [-0.1, -0.05) is 97.1 Å². The minimum atomic E-state index is -0.398. The van der Waals surface area contributed by atoms with E-state index in [0.717, 1.165) is 157 Å². The van der Waals surface area contributed by atoms with Gasteiger partial charge >= 0.3 is 3.18 Å². The fourth-order valence-corrected chi connectivity index (χ4v) is 15.8. The molecule has 0 amide bonds. The highest BCUT2D eigenvalue weighted by molar-refractivity contribution is 9.69. The number of nitrogens with two attached hydrogens (primary N) is 1. The van der Waals surface area contributed by atoms with Crippen LogP contribution >= 0.6 is 58.9 Å². The predicted octanol–water partition coefficient (Wildman–Crippen LogP) is 20.1. The largest absolute Gasteiger partial charge is 0.508 e. The normalized spacial score (nSPS) is 16.0. The minimum absolute atomic E-state index is 0.000602. The van der Waals surface area contributed by atoms with Crippen LogP contribution in [0.5, 0.6) is 23.0 Å². The molecule has 4 N–H and O–H groups in total. The maximum atomic E-state index is 11.8. The van der Waals surface area contributed by atoms with Crippen LogP contribution < -0.4 is 25.5 Å². The van der Waals surface area contributed by atoms with E-state index >= 15 is 0 Å². The summed E-state index contributed by atoms with van der Waals surface area (Å²) >= 11 is 14.9. The van der Waals surface area contributed by atoms with Crippen LogP contribution in [0.4, 0.5) is 5.69 Å². The standard InChI is InChI=1S/C26H31N3O.C19H18N2O.C18H16N2O.C12H12O2.C8H16ClN.C7H10N2O.BBr3/c1-19-7-5-16-28(19)17-6-18-30-23-13-11-22(12-14-23)29-26-24(20(2)27-29)15-10-21-8-3-4-9-25(21)26;1-13-17-12-7-14-5-3-4-6-18(14)19(17)21(20-13)15-8-10-16(22-2)11-9-15;1-12-16-11-6-13-4-2-3-5-17(13)18(16)20(19-12)14-7-9-15(21)10-8-14;1-8(13)10-7-6-9-4-2-3-5-11(9)12(10)14;1-8-4-2-6-10(8)7-3-5-9;1-10-7-4-2-6(9-8)3-5-7;2-1(3)4/h3-4,8-9,11-14,19H,5-7,10,15-18H2,1-2H3;3-6,8-11H,7,12H2,1-2H3;2-5,7-10,21H,6,11H2,1H3;2-5,10H,6-7H2,1H3;8H,2-7H2,1H3;2-5,9H,8H2,1H3;. The summed E-state index contributed by atoms with van der Waals surface area (Å²) < 4.78 is 22.7. The molecule has 8 aromatic carbocycles. The summed E-state index contributed by atoms with van der Waals surface area (Å²) in [6.07, 6.45) is 15.6. The van der Waals surface area contributed by atoms with E-state index in [0.29, 0.717) is 6.42 Å². The Kier molecular flexibility index (Phi) is 30.6. The number of aryl methyl sites for hydroxylation is 7. The summed E-state index contributed by atoms with van der Waals surface area (Å²) in [6, 6.07) is 66.1. The third kappa shape index (κ3) is 21.4. The van der Waals surface area contributed by atoms with Crippen molar-refractivity contribution in [3.8, 4) is 73.8 Å². The molecule has 2 fully saturated rings. The molecule has 17 rings (SSSR count). The Hall–Kier alpha value is -8.60. The molecular weight excluding hydrogens is 1600 g/mol. The number of phenols is 1. The molecule has 2 aliphatic heterocycles. The van der Waals surface area contributed by atoms with Crippen LogP contribution in [0.3, 0.4) is 0 Å². The number of hydrogen-bond donors (Lipinski definition) is 3. The van der Waals surface area contributed by atoms with Gasteiger partial charge in [-0.15, -0.1) is 58.9 Å². The number of benzene rings is 8. The van der Waals surface area contributed by atoms with Crippen molar-refractivity contribution in [1.29, 1.82) is 0 Å². The number of aromatic nitrogens is 6. The summed E-state index contributed by atoms with van der Waals surface area (Å²) in [6.45, 7) is 18.1. The maximum absolute atomic E-state index is 11.8. The van der Waals surface area contributed by atoms with Crippen LogP contribution in [0.1, 0.15) is 132 Å². The third-order valence-electron chi connectivity index (χ3n) is 21.7. The number of carbonyl (C=O) groups excluding carboxylic acids is 2. The van der Waals surface area contributed by atoms with E-state index in [1.54, 1.807) is 26.4 Å². The number of nitrogens with zero attached hydrogens (tertiary/aromatic N) is 8. The molecule has 0 bridgehead atoms. The molecule has 111 heavy (non-hydrogen) atoms. The number of anilines is 1. The van der Waals surface area contributed by atoms with Crippen molar-refractivity contribution in [2.75, 3.05) is 58.3 Å². The number of alkyl halides is 1. The zero-order chi connectivity index (χ0) is 78.5. The van der Waals surface area contributed by atoms with Gasteiger partial charge < -0.3 is 34.5 Å². The number of methoxy groups -OCH3 is 2. The third-order valence-corrected chi connectivity index (χ3v) is 21.9. The lowest BCUT2D eigenvalue weighted by molar-refractivity contribution is -0.119. The van der Waals surface area contributed by atoms with Gasteiger partial charge in [-0.3, -0.25) is 15.4 Å². The molecule has 3 unspecified atom stereocenters. The Bertz CT molecular complexity index is 4830. The zero-order valence-electron chi connectivity index (χ0n) is 65.1. The molecule has 580 valence electrons. The number of ether oxygens (including phenoxy) is 3. The SMILES string of the molecule is BrB(Br)Br.CC(=O)C1CCc2ccccc2C1=O.CC1CCCN1CCCCl.COc1ccc(-n2nc(C)c3c2-c2ccccc2CC3)cc1.COc1ccc(NN)cc1.Cc1nn(-c2ccc(O)cc2)c2c1CCc1ccccc1-2.Cc1nn(-c2ccc(OCCCN3CCCC3C)cc2)c2c1CCc1ccccc1-2. The Labute approximate surface area is 685 Å². The van der Waals surface area contributed by atoms with E-state index in [9.17, 15) is 14.7 Å². The van der Waals surface area contributed by atoms with Gasteiger partial charge in [0, 0.05) is 69.1 Å². The molecule has 2 saturated heterocycles. The average Bonchev–Trinajstić information content (AvgIpc) is 1.64. The summed E-state index contributed by atoms with van der Waals surface area (Å²) in [5.74, 6) is 8.46. The van der Waals surface area contributed by atoms with E-state index in [4.69, 9.17) is 47.0 Å². The van der Waals surface area contributed by atoms with Gasteiger partial charge in [-0.25, -0.2) is 14.0 Å². The van der Waals surface area contributed by atoms with Crippen molar-refractivity contribution in [3.63, 3.8) is 0 Å². The van der Waals surface area contributed by atoms with Gasteiger partial charge in [0.05, 0.1) is 78.0 Å². The fraction of sp³-hybridized carbons (Fsp3) is 0.344. The van der Waals surface area contributed by atoms with Crippen molar-refractivity contribution >= 4 is 79.3 Å². The Morgan fingerprint density at radius 1 is 0.514 bits per heavy atom. The molecule has 0 saturated carbocycles. The number of ketones is 2. The van der Waals surface area contributed by atoms with Crippen molar-refractivity contribution in [2.45, 2.75) is 144 Å². The monoisotopic (exact) mass is 1700 g/mol. The lowest BCUT2D eigenvalue weighted by Crippen LogP contribution is -2.28. The highest BCUT2D eigenvalue weighted by Crippen LogP contribution is 2.40. The van der Waals surface area contributed by atoms with Gasteiger partial charge in [-0.05, 0) is 270 Å². The van der Waals surface area contributed by atoms with Crippen molar-refractivity contribution in [2.24, 2.45) is 11.8 Å². The molecule has 3 aromatic heterocycles. The van der Waals surface area contributed by atoms with Crippen LogP contribution in [-0.4, -0.2) is 124 Å². The minimum Gasteiger partial charge on any atom is -0.508 e. The molecule has 16 nitrogen and oxygen atoms in total. The van der Waals surface area contributed by atoms with Gasteiger partial charge in [-0.2, -0.15) is 15.3 Å². The number of carbonyl (C=O) groups is 2. The molecule has 21 heteroatoms.